The van der Waals surface area contributed by atoms with Gasteiger partial charge in [-0.15, -0.1) is 0 Å². The van der Waals surface area contributed by atoms with Crippen LogP contribution in [0.25, 0.3) is 0 Å². The molecule has 0 spiro atoms. The third-order valence-corrected chi connectivity index (χ3v) is 1.00. The van der Waals surface area contributed by atoms with Gasteiger partial charge in [0.1, 0.15) is 0 Å². The topological polar surface area (TPSA) is 68.9 Å². The van der Waals surface area contributed by atoms with Gasteiger partial charge in [0.15, 0.2) is 0 Å². The van der Waals surface area contributed by atoms with E-state index in [2.05, 4.69) is 9.97 Å². The Morgan fingerprint density at radius 3 is 2.08 bits per heavy atom. The fraction of sp³-hybridized carbons (Fsp3) is 0.375. The number of carbonyl (C=O) groups excluding carboxylic acids is 1. The fourth-order valence-corrected chi connectivity index (χ4v) is 0.520. The highest BCUT2D eigenvalue weighted by molar-refractivity contribution is 5.88. The van der Waals surface area contributed by atoms with Crippen molar-refractivity contribution in [3.05, 3.63) is 23.8 Å². The maximum atomic E-state index is 10.4. The number of hydrogen-bond donors (Lipinski definition) is 1. The molecule has 4 heteroatoms. The summed E-state index contributed by atoms with van der Waals surface area (Å²) in [6.07, 6.45) is 3.10. The molecule has 1 amide bonds. The summed E-state index contributed by atoms with van der Waals surface area (Å²) < 4.78 is 0. The van der Waals surface area contributed by atoms with Crippen LogP contribution in [0.5, 0.6) is 0 Å². The van der Waals surface area contributed by atoms with E-state index in [4.69, 9.17) is 5.73 Å². The molecule has 1 aromatic heterocycles. The van der Waals surface area contributed by atoms with E-state index in [0.29, 0.717) is 0 Å². The predicted molar refractivity (Wildman–Crippen MR) is 46.6 cm³/mol. The van der Waals surface area contributed by atoms with Gasteiger partial charge in [0.05, 0.1) is 0 Å². The maximum absolute atomic E-state index is 10.4. The van der Waals surface area contributed by atoms with Gasteiger partial charge in [-0.3, -0.25) is 4.79 Å². The van der Waals surface area contributed by atoms with Gasteiger partial charge in [0, 0.05) is 12.4 Å². The molecule has 12 heavy (non-hydrogen) atoms. The third kappa shape index (κ3) is 3.09. The third-order valence-electron chi connectivity index (χ3n) is 1.00. The maximum Gasteiger partial charge on any atom is 0.286 e. The van der Waals surface area contributed by atoms with Crippen molar-refractivity contribution in [3.63, 3.8) is 0 Å². The molecule has 1 aromatic rings. The Labute approximate surface area is 71.8 Å². The lowest BCUT2D eigenvalue weighted by Gasteiger charge is -1.91. The van der Waals surface area contributed by atoms with E-state index in [1.54, 1.807) is 12.4 Å². The number of aromatic nitrogens is 2. The van der Waals surface area contributed by atoms with E-state index in [-0.39, 0.29) is 5.82 Å². The second-order valence-electron chi connectivity index (χ2n) is 1.95. The minimum atomic E-state index is -0.597. The Morgan fingerprint density at radius 1 is 1.33 bits per heavy atom. The first-order valence-corrected chi connectivity index (χ1v) is 3.78. The molecule has 0 radical (unpaired) electrons. The van der Waals surface area contributed by atoms with Crippen molar-refractivity contribution in [3.8, 4) is 0 Å². The monoisotopic (exact) mass is 167 g/mol. The van der Waals surface area contributed by atoms with E-state index < -0.39 is 5.91 Å². The van der Waals surface area contributed by atoms with Crippen molar-refractivity contribution >= 4 is 5.91 Å². The zero-order chi connectivity index (χ0) is 9.56. The van der Waals surface area contributed by atoms with Gasteiger partial charge < -0.3 is 5.73 Å². The lowest BCUT2D eigenvalue weighted by atomic mass is 10.4. The molecule has 1 heterocycles. The van der Waals surface area contributed by atoms with Crippen LogP contribution in [0.2, 0.25) is 0 Å². The Kier molecular flexibility index (Phi) is 4.60. The molecule has 0 atom stereocenters. The molecule has 66 valence electrons. The van der Waals surface area contributed by atoms with E-state index in [9.17, 15) is 4.79 Å². The summed E-state index contributed by atoms with van der Waals surface area (Å²) in [5.41, 5.74) is 5.81. The second-order valence-corrected chi connectivity index (χ2v) is 1.95. The van der Waals surface area contributed by atoms with Gasteiger partial charge >= 0.3 is 0 Å². The van der Waals surface area contributed by atoms with Crippen LogP contribution >= 0.6 is 0 Å². The molecule has 2 N–H and O–H groups in total. The molecule has 0 saturated carbocycles. The van der Waals surface area contributed by atoms with Crippen molar-refractivity contribution in [1.82, 2.24) is 9.97 Å². The molecule has 0 fully saturated rings. The van der Waals surface area contributed by atoms with Crippen LogP contribution in [0.1, 0.15) is 30.0 Å². The van der Waals surface area contributed by atoms with Gasteiger partial charge in [0.2, 0.25) is 5.82 Å². The van der Waals surface area contributed by atoms with Crippen LogP contribution in [-0.2, 0) is 0 Å². The SMILES string of the molecule is CC.Cc1cnc(C(N)=O)nc1. The minimum Gasteiger partial charge on any atom is -0.363 e. The smallest absolute Gasteiger partial charge is 0.286 e. The van der Waals surface area contributed by atoms with Crippen molar-refractivity contribution < 1.29 is 4.79 Å². The summed E-state index contributed by atoms with van der Waals surface area (Å²) in [4.78, 5) is 17.8. The number of hydrogen-bond acceptors (Lipinski definition) is 3. The highest BCUT2D eigenvalue weighted by atomic mass is 16.1. The normalized spacial score (nSPS) is 8.25. The molecular weight excluding hydrogens is 154 g/mol. The molecule has 0 aliphatic carbocycles. The molecule has 1 rings (SSSR count). The number of primary amides is 1. The van der Waals surface area contributed by atoms with Crippen LogP contribution in [0.15, 0.2) is 12.4 Å². The quantitative estimate of drug-likeness (QED) is 0.675. The number of nitrogens with zero attached hydrogens (tertiary/aromatic N) is 2. The number of nitrogens with two attached hydrogens (primary N) is 1. The number of rotatable bonds is 1. The lowest BCUT2D eigenvalue weighted by Crippen LogP contribution is -2.14. The first kappa shape index (κ1) is 10.6. The standard InChI is InChI=1S/C6H7N3O.C2H6/c1-4-2-8-6(5(7)10)9-3-4;1-2/h2-3H,1H3,(H2,7,10);1-2H3. The van der Waals surface area contributed by atoms with Gasteiger partial charge in [-0.2, -0.15) is 0 Å². The largest absolute Gasteiger partial charge is 0.363 e. The summed E-state index contributed by atoms with van der Waals surface area (Å²) >= 11 is 0. The number of carbonyl (C=O) groups is 1. The van der Waals surface area contributed by atoms with Crippen molar-refractivity contribution in [2.24, 2.45) is 5.73 Å². The summed E-state index contributed by atoms with van der Waals surface area (Å²) in [7, 11) is 0. The molecule has 0 unspecified atom stereocenters. The zero-order valence-electron chi connectivity index (χ0n) is 7.53. The van der Waals surface area contributed by atoms with Crippen molar-refractivity contribution in [2.75, 3.05) is 0 Å². The fourth-order valence-electron chi connectivity index (χ4n) is 0.520. The lowest BCUT2D eigenvalue weighted by molar-refractivity contribution is 0.0990. The van der Waals surface area contributed by atoms with Crippen LogP contribution in [0.3, 0.4) is 0 Å². The first-order chi connectivity index (χ1) is 5.70. The first-order valence-electron chi connectivity index (χ1n) is 3.78. The van der Waals surface area contributed by atoms with Crippen molar-refractivity contribution in [1.29, 1.82) is 0 Å². The van der Waals surface area contributed by atoms with Crippen LogP contribution in [-0.4, -0.2) is 15.9 Å². The highest BCUT2D eigenvalue weighted by Crippen LogP contribution is 1.91. The van der Waals surface area contributed by atoms with E-state index in [1.807, 2.05) is 20.8 Å². The van der Waals surface area contributed by atoms with Gasteiger partial charge in [0.25, 0.3) is 5.91 Å². The minimum absolute atomic E-state index is 0.0607. The molecule has 4 nitrogen and oxygen atoms in total. The van der Waals surface area contributed by atoms with E-state index in [0.717, 1.165) is 5.56 Å². The molecule has 0 saturated heterocycles. The zero-order valence-corrected chi connectivity index (χ0v) is 7.53. The van der Waals surface area contributed by atoms with E-state index in [1.165, 1.54) is 0 Å². The van der Waals surface area contributed by atoms with Gasteiger partial charge in [-0.25, -0.2) is 9.97 Å². The Balaban J connectivity index is 0.000000561. The van der Waals surface area contributed by atoms with Crippen molar-refractivity contribution in [2.45, 2.75) is 20.8 Å². The van der Waals surface area contributed by atoms with E-state index >= 15 is 0 Å². The van der Waals surface area contributed by atoms with Crippen LogP contribution in [0, 0.1) is 6.92 Å². The Bertz CT molecular complexity index is 243. The van der Waals surface area contributed by atoms with Crippen LogP contribution < -0.4 is 5.73 Å². The average molecular weight is 167 g/mol. The number of amides is 1. The summed E-state index contributed by atoms with van der Waals surface area (Å²) in [5.74, 6) is -0.536. The highest BCUT2D eigenvalue weighted by Gasteiger charge is 2.00. The van der Waals surface area contributed by atoms with Gasteiger partial charge in [-0.05, 0) is 12.5 Å². The molecule has 0 aliphatic heterocycles. The van der Waals surface area contributed by atoms with Gasteiger partial charge in [-0.1, -0.05) is 13.8 Å². The molecule has 0 bridgehead atoms. The predicted octanol–water partition coefficient (Wildman–Crippen LogP) is 0.910. The Morgan fingerprint density at radius 2 is 1.75 bits per heavy atom. The number of aryl methyl sites for hydroxylation is 1. The molecule has 0 aliphatic rings. The summed E-state index contributed by atoms with van der Waals surface area (Å²) in [6, 6.07) is 0. The summed E-state index contributed by atoms with van der Waals surface area (Å²) in [6.45, 7) is 5.84. The Hall–Kier alpha value is -1.45. The molecular formula is C8H13N3O. The van der Waals surface area contributed by atoms with Crippen LogP contribution in [0.4, 0.5) is 0 Å². The average Bonchev–Trinajstić information content (AvgIpc) is 2.09. The second kappa shape index (κ2) is 5.23. The summed E-state index contributed by atoms with van der Waals surface area (Å²) in [5, 5.41) is 0. The molecule has 0 aromatic carbocycles.